The maximum atomic E-state index is 12.7. The van der Waals surface area contributed by atoms with Crippen molar-refractivity contribution in [3.8, 4) is 6.07 Å². The van der Waals surface area contributed by atoms with Crippen molar-refractivity contribution in [1.82, 2.24) is 5.32 Å². The average molecular weight is 514 g/mol. The fourth-order valence-corrected chi connectivity index (χ4v) is 4.27. The summed E-state index contributed by atoms with van der Waals surface area (Å²) in [6.45, 7) is 5.32. The van der Waals surface area contributed by atoms with Gasteiger partial charge in [0.2, 0.25) is 5.91 Å². The van der Waals surface area contributed by atoms with Gasteiger partial charge in [-0.15, -0.1) is 0 Å². The zero-order chi connectivity index (χ0) is 23.1. The predicted molar refractivity (Wildman–Crippen MR) is 126 cm³/mol. The van der Waals surface area contributed by atoms with Crippen LogP contribution in [0, 0.1) is 11.3 Å². The molecule has 0 unspecified atom stereocenters. The summed E-state index contributed by atoms with van der Waals surface area (Å²) in [5.74, 6) is -1.04. The molecule has 0 aliphatic carbocycles. The van der Waals surface area contributed by atoms with Gasteiger partial charge < -0.3 is 19.8 Å². The molecule has 2 N–H and O–H groups in total. The molecule has 3 rings (SSSR count). The van der Waals surface area contributed by atoms with Crippen molar-refractivity contribution in [2.75, 3.05) is 17.7 Å². The molecule has 2 aromatic rings. The maximum Gasteiger partial charge on any atom is 0.337 e. The fraction of sp³-hybridized carbons (Fsp3) is 0.174. The molecule has 1 amide bonds. The van der Waals surface area contributed by atoms with Crippen LogP contribution in [0.5, 0.6) is 0 Å². The third kappa shape index (κ3) is 5.52. The van der Waals surface area contributed by atoms with E-state index in [2.05, 4.69) is 39.2 Å². The number of nitrogens with one attached hydrogen (secondary N) is 2. The second-order valence-corrected chi connectivity index (χ2v) is 8.60. The van der Waals surface area contributed by atoms with E-state index in [4.69, 9.17) is 9.15 Å². The standard InChI is InChI=1S/C23H20BrN3O4S/c1-3-10-31-23(29)20-14(2)26-22(17(12-25)21(20)18-5-4-11-30-18)32-13-19(28)27-16-8-6-15(24)7-9-16/h3-9,11,21,26H,1,10,13H2,2H3,(H,27,28)/t21-/m0/s1. The number of thioether (sulfide) groups is 1. The number of dihydropyridines is 1. The van der Waals surface area contributed by atoms with E-state index >= 15 is 0 Å². The Bertz CT molecular complexity index is 1120. The van der Waals surface area contributed by atoms with Crippen LogP contribution in [0.1, 0.15) is 18.6 Å². The van der Waals surface area contributed by atoms with E-state index in [0.717, 1.165) is 4.47 Å². The first-order valence-electron chi connectivity index (χ1n) is 9.56. The Balaban J connectivity index is 1.83. The topological polar surface area (TPSA) is 104 Å². The number of nitrogens with zero attached hydrogens (tertiary/aromatic N) is 1. The highest BCUT2D eigenvalue weighted by molar-refractivity contribution is 9.10. The highest BCUT2D eigenvalue weighted by atomic mass is 79.9. The quantitative estimate of drug-likeness (QED) is 0.384. The van der Waals surface area contributed by atoms with Crippen LogP contribution in [0.2, 0.25) is 0 Å². The summed E-state index contributed by atoms with van der Waals surface area (Å²) in [5, 5.41) is 16.3. The fourth-order valence-electron chi connectivity index (χ4n) is 3.12. The Morgan fingerprint density at radius 2 is 2.12 bits per heavy atom. The molecular formula is C23H20BrN3O4S. The second kappa shape index (κ2) is 10.9. The highest BCUT2D eigenvalue weighted by Crippen LogP contribution is 2.41. The summed E-state index contributed by atoms with van der Waals surface area (Å²) < 4.78 is 11.7. The number of carbonyl (C=O) groups excluding carboxylic acids is 2. The number of halogens is 1. The lowest BCUT2D eigenvalue weighted by Gasteiger charge is -2.27. The zero-order valence-corrected chi connectivity index (χ0v) is 19.6. The number of nitriles is 1. The number of esters is 1. The van der Waals surface area contributed by atoms with Gasteiger partial charge in [0.25, 0.3) is 0 Å². The molecule has 0 saturated heterocycles. The lowest BCUT2D eigenvalue weighted by Crippen LogP contribution is -2.29. The number of amides is 1. The largest absolute Gasteiger partial charge is 0.468 e. The first kappa shape index (κ1) is 23.4. The van der Waals surface area contributed by atoms with Gasteiger partial charge in [0.1, 0.15) is 12.4 Å². The van der Waals surface area contributed by atoms with Gasteiger partial charge in [0, 0.05) is 15.9 Å². The van der Waals surface area contributed by atoms with Crippen LogP contribution in [0.15, 0.2) is 86.1 Å². The predicted octanol–water partition coefficient (Wildman–Crippen LogP) is 4.84. The van der Waals surface area contributed by atoms with Crippen molar-refractivity contribution in [3.05, 3.63) is 87.4 Å². The normalized spacial score (nSPS) is 15.6. The number of benzene rings is 1. The first-order chi connectivity index (χ1) is 15.4. The summed E-state index contributed by atoms with van der Waals surface area (Å²) >= 11 is 4.53. The van der Waals surface area contributed by atoms with Crippen molar-refractivity contribution < 1.29 is 18.7 Å². The van der Waals surface area contributed by atoms with Gasteiger partial charge in [-0.3, -0.25) is 4.79 Å². The van der Waals surface area contributed by atoms with Crippen molar-refractivity contribution >= 4 is 45.3 Å². The van der Waals surface area contributed by atoms with Crippen molar-refractivity contribution in [3.63, 3.8) is 0 Å². The number of hydrogen-bond acceptors (Lipinski definition) is 7. The minimum atomic E-state index is -0.745. The van der Waals surface area contributed by atoms with Gasteiger partial charge in [0.05, 0.1) is 40.2 Å². The third-order valence-electron chi connectivity index (χ3n) is 4.50. The molecule has 0 saturated carbocycles. The second-order valence-electron chi connectivity index (χ2n) is 6.70. The number of anilines is 1. The zero-order valence-electron chi connectivity index (χ0n) is 17.2. The average Bonchev–Trinajstić information content (AvgIpc) is 3.31. The van der Waals surface area contributed by atoms with Gasteiger partial charge >= 0.3 is 5.97 Å². The van der Waals surface area contributed by atoms with Gasteiger partial charge in [-0.25, -0.2) is 4.79 Å². The van der Waals surface area contributed by atoms with Crippen molar-refractivity contribution in [2.24, 2.45) is 0 Å². The SMILES string of the molecule is C=CCOC(=O)C1=C(C)NC(SCC(=O)Nc2ccc(Br)cc2)=C(C#N)[C@H]1c1ccco1. The number of rotatable bonds is 8. The third-order valence-corrected chi connectivity index (χ3v) is 6.05. The van der Waals surface area contributed by atoms with E-state index in [1.54, 1.807) is 31.2 Å². The first-order valence-corrected chi connectivity index (χ1v) is 11.3. The molecule has 0 fully saturated rings. The van der Waals surface area contributed by atoms with Gasteiger partial charge in [-0.2, -0.15) is 5.26 Å². The molecule has 1 aliphatic rings. The number of ether oxygens (including phenoxy) is 1. The Morgan fingerprint density at radius 3 is 2.75 bits per heavy atom. The summed E-state index contributed by atoms with van der Waals surface area (Å²) in [7, 11) is 0. The van der Waals surface area contributed by atoms with E-state index < -0.39 is 11.9 Å². The van der Waals surface area contributed by atoms with Crippen LogP contribution in [0.25, 0.3) is 0 Å². The Hall–Kier alpha value is -3.22. The minimum absolute atomic E-state index is 0.0456. The van der Waals surface area contributed by atoms with E-state index in [1.165, 1.54) is 24.1 Å². The number of carbonyl (C=O) groups is 2. The summed E-state index contributed by atoms with van der Waals surface area (Å²) in [6.07, 6.45) is 2.95. The van der Waals surface area contributed by atoms with Crippen LogP contribution in [0.3, 0.4) is 0 Å². The minimum Gasteiger partial charge on any atom is -0.468 e. The number of allylic oxidation sites excluding steroid dienone is 2. The molecule has 0 bridgehead atoms. The Labute approximate surface area is 198 Å². The van der Waals surface area contributed by atoms with Gasteiger partial charge in [0.15, 0.2) is 0 Å². The van der Waals surface area contributed by atoms with E-state index in [1.807, 2.05) is 12.1 Å². The molecule has 2 heterocycles. The Kier molecular flexibility index (Phi) is 7.98. The smallest absolute Gasteiger partial charge is 0.337 e. The Morgan fingerprint density at radius 1 is 1.38 bits per heavy atom. The molecule has 1 aliphatic heterocycles. The molecule has 7 nitrogen and oxygen atoms in total. The number of furan rings is 1. The van der Waals surface area contributed by atoms with E-state index in [-0.39, 0.29) is 29.4 Å². The molecule has 9 heteroatoms. The molecule has 0 radical (unpaired) electrons. The van der Waals surface area contributed by atoms with Crippen LogP contribution in [-0.2, 0) is 14.3 Å². The van der Waals surface area contributed by atoms with Gasteiger partial charge in [-0.05, 0) is 43.3 Å². The molecule has 164 valence electrons. The molecule has 1 aromatic heterocycles. The lowest BCUT2D eigenvalue weighted by molar-refractivity contribution is -0.138. The summed E-state index contributed by atoms with van der Waals surface area (Å²) in [6, 6.07) is 12.8. The van der Waals surface area contributed by atoms with E-state index in [0.29, 0.717) is 22.2 Å². The molecule has 1 atom stereocenters. The lowest BCUT2D eigenvalue weighted by atomic mass is 9.86. The molecular weight excluding hydrogens is 494 g/mol. The van der Waals surface area contributed by atoms with Crippen molar-refractivity contribution in [1.29, 1.82) is 5.26 Å². The van der Waals surface area contributed by atoms with E-state index in [9.17, 15) is 14.9 Å². The summed E-state index contributed by atoms with van der Waals surface area (Å²) in [5.41, 5.74) is 1.75. The van der Waals surface area contributed by atoms with Crippen LogP contribution >= 0.6 is 27.7 Å². The monoisotopic (exact) mass is 513 g/mol. The highest BCUT2D eigenvalue weighted by Gasteiger charge is 2.37. The van der Waals surface area contributed by atoms with Gasteiger partial charge in [-0.1, -0.05) is 40.3 Å². The maximum absolute atomic E-state index is 12.7. The molecule has 32 heavy (non-hydrogen) atoms. The number of hydrogen-bond donors (Lipinski definition) is 2. The van der Waals surface area contributed by atoms with Crippen LogP contribution in [-0.4, -0.2) is 24.2 Å². The molecule has 1 aromatic carbocycles. The van der Waals surface area contributed by atoms with Crippen LogP contribution in [0.4, 0.5) is 5.69 Å². The van der Waals surface area contributed by atoms with Crippen molar-refractivity contribution in [2.45, 2.75) is 12.8 Å². The molecule has 0 spiro atoms. The van der Waals surface area contributed by atoms with Crippen LogP contribution < -0.4 is 10.6 Å². The summed E-state index contributed by atoms with van der Waals surface area (Å²) in [4.78, 5) is 25.1.